The number of nitrogens with zero attached hydrogens (tertiary/aromatic N) is 4. The molecule has 0 radical (unpaired) electrons. The summed E-state index contributed by atoms with van der Waals surface area (Å²) in [5.74, 6) is 0. The Hall–Kier alpha value is -1.79. The van der Waals surface area contributed by atoms with Crippen molar-refractivity contribution in [3.05, 3.63) is 45.9 Å². The Morgan fingerprint density at radius 3 is 2.67 bits per heavy atom. The largest absolute Gasteiger partial charge is 0.295 e. The summed E-state index contributed by atoms with van der Waals surface area (Å²) < 4.78 is 26.9. The first-order chi connectivity index (χ1) is 11.5. The van der Waals surface area contributed by atoms with Gasteiger partial charge in [-0.1, -0.05) is 6.07 Å². The van der Waals surface area contributed by atoms with E-state index in [1.54, 1.807) is 29.5 Å². The molecule has 0 atom stereocenters. The van der Waals surface area contributed by atoms with Crippen LogP contribution in [0.25, 0.3) is 0 Å². The number of aryl methyl sites for hydroxylation is 1. The Labute approximate surface area is 146 Å². The zero-order chi connectivity index (χ0) is 17.2. The molecule has 8 heteroatoms. The van der Waals surface area contributed by atoms with Crippen LogP contribution in [0.4, 0.5) is 0 Å². The SMILES string of the molecule is Cc1nc(CN2CCN(S(=O)(=O)c3cccc(C#N)c3)CC2)cs1. The van der Waals surface area contributed by atoms with Crippen LogP contribution >= 0.6 is 11.3 Å². The minimum atomic E-state index is -3.54. The maximum atomic E-state index is 12.7. The number of hydrogen-bond acceptors (Lipinski definition) is 6. The van der Waals surface area contributed by atoms with Gasteiger partial charge in [-0.15, -0.1) is 11.3 Å². The minimum Gasteiger partial charge on any atom is -0.295 e. The molecule has 3 rings (SSSR count). The number of thiazole rings is 1. The van der Waals surface area contributed by atoms with E-state index in [1.807, 2.05) is 18.4 Å². The molecular formula is C16H18N4O2S2. The van der Waals surface area contributed by atoms with E-state index in [0.29, 0.717) is 31.7 Å². The van der Waals surface area contributed by atoms with Crippen molar-refractivity contribution in [2.45, 2.75) is 18.4 Å². The highest BCUT2D eigenvalue weighted by atomic mass is 32.2. The second-order valence-corrected chi connectivity index (χ2v) is 8.68. The number of nitriles is 1. The standard InChI is InChI=1S/C16H18N4O2S2/c1-13-18-15(12-23-13)11-19-5-7-20(8-6-19)24(21,22)16-4-2-3-14(9-16)10-17/h2-4,9,12H,5-8,11H2,1H3. The molecule has 1 aliphatic rings. The normalized spacial score (nSPS) is 16.8. The van der Waals surface area contributed by atoms with E-state index in [1.165, 1.54) is 10.4 Å². The van der Waals surface area contributed by atoms with Gasteiger partial charge >= 0.3 is 0 Å². The first-order valence-corrected chi connectivity index (χ1v) is 9.95. The Bertz CT molecular complexity index is 862. The summed E-state index contributed by atoms with van der Waals surface area (Å²) in [6.45, 7) is 4.97. The minimum absolute atomic E-state index is 0.185. The molecule has 0 aliphatic carbocycles. The molecule has 1 aliphatic heterocycles. The molecule has 2 heterocycles. The summed E-state index contributed by atoms with van der Waals surface area (Å²) in [6, 6.07) is 8.16. The third-order valence-corrected chi connectivity index (χ3v) is 6.70. The molecule has 1 aromatic heterocycles. The third kappa shape index (κ3) is 3.65. The second kappa shape index (κ2) is 6.99. The van der Waals surface area contributed by atoms with Crippen LogP contribution in [-0.4, -0.2) is 48.8 Å². The maximum Gasteiger partial charge on any atom is 0.243 e. The van der Waals surface area contributed by atoms with Crippen LogP contribution in [0.1, 0.15) is 16.3 Å². The monoisotopic (exact) mass is 362 g/mol. The smallest absolute Gasteiger partial charge is 0.243 e. The predicted molar refractivity (Wildman–Crippen MR) is 92.0 cm³/mol. The van der Waals surface area contributed by atoms with Gasteiger partial charge in [0.15, 0.2) is 0 Å². The number of hydrogen-bond donors (Lipinski definition) is 0. The van der Waals surface area contributed by atoms with Crippen molar-refractivity contribution >= 4 is 21.4 Å². The number of piperazine rings is 1. The fourth-order valence-electron chi connectivity index (χ4n) is 2.71. The van der Waals surface area contributed by atoms with Crippen molar-refractivity contribution in [3.8, 4) is 6.07 Å². The van der Waals surface area contributed by atoms with Crippen LogP contribution in [0.3, 0.4) is 0 Å². The van der Waals surface area contributed by atoms with Gasteiger partial charge in [0.1, 0.15) is 0 Å². The molecule has 1 saturated heterocycles. The van der Waals surface area contributed by atoms with Crippen molar-refractivity contribution in [2.24, 2.45) is 0 Å². The third-order valence-electron chi connectivity index (χ3n) is 3.98. The van der Waals surface area contributed by atoms with Gasteiger partial charge in [0.05, 0.1) is 27.2 Å². The molecule has 24 heavy (non-hydrogen) atoms. The van der Waals surface area contributed by atoms with E-state index in [-0.39, 0.29) is 4.90 Å². The number of rotatable bonds is 4. The Morgan fingerprint density at radius 2 is 2.04 bits per heavy atom. The highest BCUT2D eigenvalue weighted by Gasteiger charge is 2.28. The van der Waals surface area contributed by atoms with E-state index in [2.05, 4.69) is 9.88 Å². The average Bonchev–Trinajstić information content (AvgIpc) is 3.00. The molecule has 0 spiro atoms. The van der Waals surface area contributed by atoms with Gasteiger partial charge in [-0.2, -0.15) is 9.57 Å². The van der Waals surface area contributed by atoms with Gasteiger partial charge in [-0.3, -0.25) is 4.90 Å². The van der Waals surface area contributed by atoms with Gasteiger partial charge < -0.3 is 0 Å². The lowest BCUT2D eigenvalue weighted by Crippen LogP contribution is -2.48. The first kappa shape index (κ1) is 17.0. The summed E-state index contributed by atoms with van der Waals surface area (Å²) in [5, 5.41) is 12.0. The molecule has 0 N–H and O–H groups in total. The summed E-state index contributed by atoms with van der Waals surface area (Å²) in [5.41, 5.74) is 1.39. The molecule has 2 aromatic rings. The lowest BCUT2D eigenvalue weighted by atomic mass is 10.2. The van der Waals surface area contributed by atoms with Crippen LogP contribution in [0, 0.1) is 18.3 Å². The highest BCUT2D eigenvalue weighted by molar-refractivity contribution is 7.89. The van der Waals surface area contributed by atoms with Crippen molar-refractivity contribution in [1.29, 1.82) is 5.26 Å². The first-order valence-electron chi connectivity index (χ1n) is 7.63. The van der Waals surface area contributed by atoms with Crippen molar-refractivity contribution in [2.75, 3.05) is 26.2 Å². The van der Waals surface area contributed by atoms with Crippen molar-refractivity contribution < 1.29 is 8.42 Å². The Balaban J connectivity index is 1.66. The van der Waals surface area contributed by atoms with E-state index in [4.69, 9.17) is 5.26 Å². The molecule has 0 bridgehead atoms. The number of benzene rings is 1. The van der Waals surface area contributed by atoms with E-state index in [0.717, 1.165) is 17.2 Å². The van der Waals surface area contributed by atoms with Crippen LogP contribution in [-0.2, 0) is 16.6 Å². The lowest BCUT2D eigenvalue weighted by Gasteiger charge is -2.33. The quantitative estimate of drug-likeness (QED) is 0.829. The van der Waals surface area contributed by atoms with E-state index < -0.39 is 10.0 Å². The zero-order valence-corrected chi connectivity index (χ0v) is 15.0. The van der Waals surface area contributed by atoms with Crippen LogP contribution in [0.5, 0.6) is 0 Å². The Kier molecular flexibility index (Phi) is 4.96. The van der Waals surface area contributed by atoms with Gasteiger partial charge in [-0.25, -0.2) is 13.4 Å². The van der Waals surface area contributed by atoms with Gasteiger partial charge in [0, 0.05) is 38.1 Å². The van der Waals surface area contributed by atoms with Gasteiger partial charge in [0.25, 0.3) is 0 Å². The molecular weight excluding hydrogens is 344 g/mol. The van der Waals surface area contributed by atoms with Gasteiger partial charge in [-0.05, 0) is 25.1 Å². The summed E-state index contributed by atoms with van der Waals surface area (Å²) in [6.07, 6.45) is 0. The van der Waals surface area contributed by atoms with Crippen LogP contribution in [0.2, 0.25) is 0 Å². The predicted octanol–water partition coefficient (Wildman–Crippen LogP) is 1.83. The molecule has 0 saturated carbocycles. The average molecular weight is 362 g/mol. The maximum absolute atomic E-state index is 12.7. The topological polar surface area (TPSA) is 77.3 Å². The number of sulfonamides is 1. The summed E-state index contributed by atoms with van der Waals surface area (Å²) in [7, 11) is -3.54. The second-order valence-electron chi connectivity index (χ2n) is 5.68. The molecule has 0 unspecified atom stereocenters. The van der Waals surface area contributed by atoms with E-state index >= 15 is 0 Å². The molecule has 1 fully saturated rings. The fraction of sp³-hybridized carbons (Fsp3) is 0.375. The molecule has 6 nitrogen and oxygen atoms in total. The summed E-state index contributed by atoms with van der Waals surface area (Å²) in [4.78, 5) is 6.85. The lowest BCUT2D eigenvalue weighted by molar-refractivity contribution is 0.180. The molecule has 1 aromatic carbocycles. The van der Waals surface area contributed by atoms with Crippen molar-refractivity contribution in [1.82, 2.24) is 14.2 Å². The van der Waals surface area contributed by atoms with E-state index in [9.17, 15) is 8.42 Å². The van der Waals surface area contributed by atoms with Crippen LogP contribution < -0.4 is 0 Å². The van der Waals surface area contributed by atoms with Crippen molar-refractivity contribution in [3.63, 3.8) is 0 Å². The fourth-order valence-corrected chi connectivity index (χ4v) is 4.79. The van der Waals surface area contributed by atoms with Gasteiger partial charge in [0.2, 0.25) is 10.0 Å². The molecule has 126 valence electrons. The molecule has 0 amide bonds. The summed E-state index contributed by atoms with van der Waals surface area (Å²) >= 11 is 1.63. The van der Waals surface area contributed by atoms with Crippen LogP contribution in [0.15, 0.2) is 34.5 Å². The highest BCUT2D eigenvalue weighted by Crippen LogP contribution is 2.19. The zero-order valence-electron chi connectivity index (χ0n) is 13.3. The Morgan fingerprint density at radius 1 is 1.29 bits per heavy atom. The number of aromatic nitrogens is 1.